The quantitative estimate of drug-likeness (QED) is 0.489. The van der Waals surface area contributed by atoms with Crippen molar-refractivity contribution < 1.29 is 18.4 Å². The van der Waals surface area contributed by atoms with Gasteiger partial charge in [0.1, 0.15) is 9.05 Å². The van der Waals surface area contributed by atoms with Gasteiger partial charge in [0, 0.05) is 13.2 Å². The zero-order valence-corrected chi connectivity index (χ0v) is 7.96. The third-order valence-corrected chi connectivity index (χ3v) is 2.08. The molecule has 0 aliphatic carbocycles. The molecule has 0 spiro atoms. The molecule has 0 rings (SSSR count). The Morgan fingerprint density at radius 2 is 1.36 bits per heavy atom. The highest BCUT2D eigenvalue weighted by Crippen LogP contribution is 1.92. The first-order chi connectivity index (χ1) is 5.12. The van der Waals surface area contributed by atoms with E-state index in [2.05, 4.69) is 8.85 Å². The maximum Gasteiger partial charge on any atom is 0.149 e. The predicted molar refractivity (Wildman–Crippen MR) is 38.2 cm³/mol. The van der Waals surface area contributed by atoms with Gasteiger partial charge in [0.15, 0.2) is 0 Å². The van der Waals surface area contributed by atoms with Crippen LogP contribution < -0.4 is 9.59 Å². The molecule has 0 fully saturated rings. The molecule has 0 saturated carbocycles. The van der Waals surface area contributed by atoms with Crippen molar-refractivity contribution in [3.8, 4) is 0 Å². The second kappa shape index (κ2) is 5.67. The van der Waals surface area contributed by atoms with Crippen molar-refractivity contribution in [3.05, 3.63) is 0 Å². The smallest absolute Gasteiger partial charge is 0.149 e. The second-order valence-electron chi connectivity index (χ2n) is 2.20. The molecule has 0 aromatic rings. The van der Waals surface area contributed by atoms with Gasteiger partial charge in [-0.2, -0.15) is 0 Å². The van der Waals surface area contributed by atoms with Gasteiger partial charge in [-0.05, 0) is 12.8 Å². The Kier molecular flexibility index (Phi) is 5.70. The van der Waals surface area contributed by atoms with Crippen LogP contribution >= 0.6 is 0 Å². The summed E-state index contributed by atoms with van der Waals surface area (Å²) in [5.74, 6) is 0. The van der Waals surface area contributed by atoms with E-state index >= 15 is 0 Å². The van der Waals surface area contributed by atoms with Gasteiger partial charge in [0.05, 0.1) is 0 Å². The van der Waals surface area contributed by atoms with E-state index in [9.17, 15) is 9.59 Å². The van der Waals surface area contributed by atoms with Crippen molar-refractivity contribution in [2.24, 2.45) is 0 Å². The highest BCUT2D eigenvalue weighted by atomic mass is 28.4. The van der Waals surface area contributed by atoms with Crippen LogP contribution in [0.1, 0.15) is 26.7 Å². The van der Waals surface area contributed by atoms with E-state index in [4.69, 9.17) is 0 Å². The summed E-state index contributed by atoms with van der Waals surface area (Å²) < 4.78 is 8.97. The second-order valence-corrected chi connectivity index (χ2v) is 3.77. The van der Waals surface area contributed by atoms with Crippen molar-refractivity contribution in [1.29, 1.82) is 0 Å². The molecule has 5 heteroatoms. The Hall–Kier alpha value is 0.0569. The van der Waals surface area contributed by atoms with Gasteiger partial charge in [-0.15, -0.1) is 0 Å². The minimum Gasteiger partial charge on any atom is -0.828 e. The maximum absolute atomic E-state index is 10.8. The van der Waals surface area contributed by atoms with E-state index in [0.717, 1.165) is 0 Å². The summed E-state index contributed by atoms with van der Waals surface area (Å²) in [6.45, 7) is 4.10. The minimum atomic E-state index is -4.25. The van der Waals surface area contributed by atoms with E-state index < -0.39 is 9.05 Å². The maximum atomic E-state index is 10.8. The molecule has 4 nitrogen and oxygen atoms in total. The Morgan fingerprint density at radius 1 is 1.00 bits per heavy atom. The molecule has 0 amide bonds. The Balaban J connectivity index is 3.43. The average Bonchev–Trinajstić information content (AvgIpc) is 1.97. The van der Waals surface area contributed by atoms with Gasteiger partial charge >= 0.3 is 0 Å². The molecule has 0 aromatic heterocycles. The Morgan fingerprint density at radius 3 is 1.64 bits per heavy atom. The summed E-state index contributed by atoms with van der Waals surface area (Å²) in [6, 6.07) is 0. The normalized spacial score (nSPS) is 12.0. The van der Waals surface area contributed by atoms with Gasteiger partial charge in [-0.3, -0.25) is 0 Å². The van der Waals surface area contributed by atoms with Crippen LogP contribution in [0.3, 0.4) is 0 Å². The van der Waals surface area contributed by atoms with Crippen LogP contribution in [-0.4, -0.2) is 22.3 Å². The van der Waals surface area contributed by atoms with Crippen molar-refractivity contribution in [1.82, 2.24) is 0 Å². The summed E-state index contributed by atoms with van der Waals surface area (Å²) in [5, 5.41) is 0. The number of rotatable bonds is 6. The molecule has 0 bridgehead atoms. The van der Waals surface area contributed by atoms with Crippen LogP contribution in [0, 0.1) is 0 Å². The number of hydrogen-bond donors (Lipinski definition) is 0. The lowest BCUT2D eigenvalue weighted by atomic mass is 10.5. The fourth-order valence-electron chi connectivity index (χ4n) is 0.496. The molecule has 0 radical (unpaired) electrons. The lowest BCUT2D eigenvalue weighted by Crippen LogP contribution is -2.67. The minimum absolute atomic E-state index is 0.211. The van der Waals surface area contributed by atoms with Crippen LogP contribution in [0.5, 0.6) is 0 Å². The van der Waals surface area contributed by atoms with Crippen LogP contribution in [0.25, 0.3) is 0 Å². The molecule has 0 heterocycles. The molecule has 11 heavy (non-hydrogen) atoms. The van der Waals surface area contributed by atoms with Gasteiger partial charge in [0.2, 0.25) is 0 Å². The van der Waals surface area contributed by atoms with Gasteiger partial charge in [-0.25, -0.2) is 0 Å². The summed E-state index contributed by atoms with van der Waals surface area (Å²) >= 11 is 0. The van der Waals surface area contributed by atoms with Gasteiger partial charge < -0.3 is 18.4 Å². The standard InChI is InChI=1S/C6H14O4Si/c1-3-5-9-11(7,8)10-6-4-2/h3-6H2,1-2H3/q-2. The average molecular weight is 178 g/mol. The molecular formula is C6H14O4Si-2. The zero-order valence-electron chi connectivity index (χ0n) is 6.96. The van der Waals surface area contributed by atoms with Gasteiger partial charge in [-0.1, -0.05) is 13.8 Å². The summed E-state index contributed by atoms with van der Waals surface area (Å²) in [6.07, 6.45) is 1.35. The van der Waals surface area contributed by atoms with Crippen LogP contribution in [0.4, 0.5) is 0 Å². The molecule has 0 atom stereocenters. The van der Waals surface area contributed by atoms with E-state index in [1.165, 1.54) is 0 Å². The lowest BCUT2D eigenvalue weighted by molar-refractivity contribution is -0.443. The molecule has 0 N–H and O–H groups in total. The Bertz CT molecular complexity index is 86.6. The summed E-state index contributed by atoms with van der Waals surface area (Å²) in [5.41, 5.74) is 0. The monoisotopic (exact) mass is 178 g/mol. The molecule has 0 aromatic carbocycles. The molecule has 0 unspecified atom stereocenters. The first kappa shape index (κ1) is 11.1. The lowest BCUT2D eigenvalue weighted by Gasteiger charge is -2.43. The molecule has 0 aliphatic rings. The molecule has 0 aliphatic heterocycles. The van der Waals surface area contributed by atoms with Crippen LogP contribution in [0.2, 0.25) is 0 Å². The summed E-state index contributed by atoms with van der Waals surface area (Å²) in [7, 11) is -4.25. The highest BCUT2D eigenvalue weighted by Gasteiger charge is 2.03. The first-order valence-electron chi connectivity index (χ1n) is 3.81. The molecule has 68 valence electrons. The van der Waals surface area contributed by atoms with Crippen molar-refractivity contribution >= 4 is 9.05 Å². The van der Waals surface area contributed by atoms with Gasteiger partial charge in [0.25, 0.3) is 0 Å². The van der Waals surface area contributed by atoms with E-state index in [1.807, 2.05) is 13.8 Å². The Labute approximate surface area is 68.3 Å². The number of hydrogen-bond acceptors (Lipinski definition) is 4. The predicted octanol–water partition coefficient (Wildman–Crippen LogP) is -1.00. The third kappa shape index (κ3) is 6.45. The van der Waals surface area contributed by atoms with E-state index in [1.54, 1.807) is 0 Å². The zero-order chi connectivity index (χ0) is 8.74. The molecular weight excluding hydrogens is 164 g/mol. The van der Waals surface area contributed by atoms with Crippen molar-refractivity contribution in [2.75, 3.05) is 13.2 Å². The first-order valence-corrected chi connectivity index (χ1v) is 5.44. The topological polar surface area (TPSA) is 64.6 Å². The van der Waals surface area contributed by atoms with Crippen LogP contribution in [-0.2, 0) is 8.85 Å². The van der Waals surface area contributed by atoms with Crippen molar-refractivity contribution in [3.63, 3.8) is 0 Å². The van der Waals surface area contributed by atoms with E-state index in [-0.39, 0.29) is 13.2 Å². The van der Waals surface area contributed by atoms with Crippen LogP contribution in [0.15, 0.2) is 0 Å². The third-order valence-electron chi connectivity index (χ3n) is 0.966. The summed E-state index contributed by atoms with van der Waals surface area (Å²) in [4.78, 5) is 21.5. The highest BCUT2D eigenvalue weighted by molar-refractivity contribution is 6.46. The van der Waals surface area contributed by atoms with Crippen molar-refractivity contribution in [2.45, 2.75) is 26.7 Å². The fraction of sp³-hybridized carbons (Fsp3) is 1.00. The fourth-order valence-corrected chi connectivity index (χ4v) is 1.49. The molecule has 0 saturated heterocycles. The van der Waals surface area contributed by atoms with E-state index in [0.29, 0.717) is 12.8 Å². The largest absolute Gasteiger partial charge is 0.828 e. The SMILES string of the molecule is CCCO[Si]([O-])([O-])OCCC.